The molecule has 0 atom stereocenters. The van der Waals surface area contributed by atoms with Crippen LogP contribution in [0.5, 0.6) is 0 Å². The molecule has 3 nitrogen and oxygen atoms in total. The van der Waals surface area contributed by atoms with Crippen LogP contribution in [-0.2, 0) is 0 Å². The van der Waals surface area contributed by atoms with E-state index in [1.165, 1.54) is 38.4 Å². The van der Waals surface area contributed by atoms with E-state index in [2.05, 4.69) is 10.3 Å². The molecule has 0 aliphatic carbocycles. The number of rotatable bonds is 2. The zero-order valence-corrected chi connectivity index (χ0v) is 7.54. The summed E-state index contributed by atoms with van der Waals surface area (Å²) in [5.74, 6) is -2.13. The van der Waals surface area contributed by atoms with E-state index in [1.54, 1.807) is 0 Å². The fourth-order valence-corrected chi connectivity index (χ4v) is 0.845. The zero-order chi connectivity index (χ0) is 9.90. The van der Waals surface area contributed by atoms with Crippen molar-refractivity contribution in [2.45, 2.75) is 19.6 Å². The summed E-state index contributed by atoms with van der Waals surface area (Å²) in [6.45, 7) is 2.57. The van der Waals surface area contributed by atoms with Crippen molar-refractivity contribution < 1.29 is 9.18 Å². The second-order valence-corrected chi connectivity index (χ2v) is 3.16. The second kappa shape index (κ2) is 3.51. The number of halogens is 1. The molecule has 1 amide bonds. The van der Waals surface area contributed by atoms with Gasteiger partial charge in [-0.05, 0) is 26.0 Å². The van der Waals surface area contributed by atoms with Crippen molar-refractivity contribution in [3.8, 4) is 0 Å². The number of carbonyl (C=O) groups excluding carboxylic acids is 1. The predicted octanol–water partition coefficient (Wildman–Crippen LogP) is 1.52. The van der Waals surface area contributed by atoms with Crippen molar-refractivity contribution in [2.75, 3.05) is 0 Å². The van der Waals surface area contributed by atoms with Crippen molar-refractivity contribution >= 4 is 5.91 Å². The highest BCUT2D eigenvalue weighted by Gasteiger charge is 2.18. The van der Waals surface area contributed by atoms with Crippen LogP contribution < -0.4 is 5.32 Å². The lowest BCUT2D eigenvalue weighted by molar-refractivity contribution is 0.0801. The average molecular weight is 182 g/mol. The molecule has 0 unspecified atom stereocenters. The molecule has 0 aliphatic rings. The molecule has 0 spiro atoms. The van der Waals surface area contributed by atoms with Crippen molar-refractivity contribution in [2.24, 2.45) is 0 Å². The molecule has 1 heterocycles. The highest BCUT2D eigenvalue weighted by atomic mass is 19.1. The van der Waals surface area contributed by atoms with E-state index in [0.29, 0.717) is 5.56 Å². The number of alkyl halides is 1. The number of amides is 1. The molecule has 70 valence electrons. The van der Waals surface area contributed by atoms with Crippen LogP contribution in [0.2, 0.25) is 0 Å². The van der Waals surface area contributed by atoms with Gasteiger partial charge in [0.15, 0.2) is 5.79 Å². The summed E-state index contributed by atoms with van der Waals surface area (Å²) in [7, 11) is 0. The van der Waals surface area contributed by atoms with E-state index in [9.17, 15) is 9.18 Å². The lowest BCUT2D eigenvalue weighted by Gasteiger charge is -2.15. The Hall–Kier alpha value is -1.45. The Bertz CT molecular complexity index is 292. The van der Waals surface area contributed by atoms with Crippen LogP contribution in [0.15, 0.2) is 24.5 Å². The first kappa shape index (κ1) is 9.64. The van der Waals surface area contributed by atoms with Gasteiger partial charge in [-0.2, -0.15) is 0 Å². The van der Waals surface area contributed by atoms with Crippen molar-refractivity contribution in [3.05, 3.63) is 30.1 Å². The Morgan fingerprint density at radius 1 is 1.46 bits per heavy atom. The third kappa shape index (κ3) is 3.19. The van der Waals surface area contributed by atoms with Gasteiger partial charge < -0.3 is 5.32 Å². The summed E-state index contributed by atoms with van der Waals surface area (Å²) >= 11 is 0. The first-order valence-corrected chi connectivity index (χ1v) is 3.90. The first-order chi connectivity index (χ1) is 5.99. The summed E-state index contributed by atoms with van der Waals surface area (Å²) < 4.78 is 13.0. The maximum Gasteiger partial charge on any atom is 0.253 e. The molecule has 13 heavy (non-hydrogen) atoms. The fourth-order valence-electron chi connectivity index (χ4n) is 0.845. The molecular formula is C9H11FN2O. The number of pyridine rings is 1. The third-order valence-electron chi connectivity index (χ3n) is 1.35. The van der Waals surface area contributed by atoms with Crippen molar-refractivity contribution in [1.29, 1.82) is 0 Å². The molecule has 0 fully saturated rings. The van der Waals surface area contributed by atoms with Crippen molar-refractivity contribution in [3.63, 3.8) is 0 Å². The molecular weight excluding hydrogens is 171 g/mol. The molecule has 1 aromatic heterocycles. The molecule has 4 heteroatoms. The Morgan fingerprint density at radius 2 is 2.00 bits per heavy atom. The Labute approximate surface area is 76.0 Å². The summed E-state index contributed by atoms with van der Waals surface area (Å²) in [4.78, 5) is 15.0. The molecule has 0 bridgehead atoms. The highest BCUT2D eigenvalue weighted by Crippen LogP contribution is 2.05. The minimum absolute atomic E-state index is 0.403. The van der Waals surface area contributed by atoms with Gasteiger partial charge >= 0.3 is 0 Å². The SMILES string of the molecule is CC(C)(F)NC(=O)c1ccncc1. The quantitative estimate of drug-likeness (QED) is 0.704. The summed E-state index contributed by atoms with van der Waals surface area (Å²) in [5.41, 5.74) is 0.403. The maximum absolute atomic E-state index is 13.0. The highest BCUT2D eigenvalue weighted by molar-refractivity contribution is 5.94. The molecule has 0 saturated carbocycles. The Morgan fingerprint density at radius 3 is 2.46 bits per heavy atom. The van der Waals surface area contributed by atoms with Gasteiger partial charge in [0.2, 0.25) is 0 Å². The summed E-state index contributed by atoms with van der Waals surface area (Å²) in [6, 6.07) is 3.06. The largest absolute Gasteiger partial charge is 0.320 e. The van der Waals surface area contributed by atoms with E-state index in [4.69, 9.17) is 0 Å². The maximum atomic E-state index is 13.0. The minimum Gasteiger partial charge on any atom is -0.320 e. The van der Waals surface area contributed by atoms with Crippen LogP contribution in [0, 0.1) is 0 Å². The van der Waals surface area contributed by atoms with E-state index >= 15 is 0 Å². The van der Waals surface area contributed by atoms with E-state index < -0.39 is 11.7 Å². The second-order valence-electron chi connectivity index (χ2n) is 3.16. The molecule has 1 rings (SSSR count). The number of hydrogen-bond donors (Lipinski definition) is 1. The molecule has 0 aromatic carbocycles. The molecule has 0 saturated heterocycles. The summed E-state index contributed by atoms with van der Waals surface area (Å²) in [5, 5.41) is 2.20. The number of nitrogens with zero attached hydrogens (tertiary/aromatic N) is 1. The molecule has 1 aromatic rings. The van der Waals surface area contributed by atoms with Gasteiger partial charge in [-0.3, -0.25) is 9.78 Å². The number of aromatic nitrogens is 1. The van der Waals surface area contributed by atoms with Gasteiger partial charge in [-0.25, -0.2) is 4.39 Å². The van der Waals surface area contributed by atoms with Gasteiger partial charge in [0.05, 0.1) is 0 Å². The number of nitrogens with one attached hydrogen (secondary N) is 1. The van der Waals surface area contributed by atoms with Crippen LogP contribution >= 0.6 is 0 Å². The van der Waals surface area contributed by atoms with Crippen LogP contribution in [0.4, 0.5) is 4.39 Å². The lowest BCUT2D eigenvalue weighted by Crippen LogP contribution is -2.39. The Kier molecular flexibility index (Phi) is 2.60. The van der Waals surface area contributed by atoms with E-state index in [-0.39, 0.29) is 0 Å². The van der Waals surface area contributed by atoms with Crippen LogP contribution in [0.25, 0.3) is 0 Å². The van der Waals surface area contributed by atoms with Gasteiger partial charge in [-0.15, -0.1) is 0 Å². The standard InChI is InChI=1S/C9H11FN2O/c1-9(2,10)12-8(13)7-3-5-11-6-4-7/h3-6H,1-2H3,(H,12,13). The topological polar surface area (TPSA) is 42.0 Å². The number of hydrogen-bond acceptors (Lipinski definition) is 2. The normalized spacial score (nSPS) is 11.0. The monoisotopic (exact) mass is 182 g/mol. The van der Waals surface area contributed by atoms with Gasteiger partial charge in [0.1, 0.15) is 0 Å². The molecule has 0 radical (unpaired) electrons. The zero-order valence-electron chi connectivity index (χ0n) is 7.54. The minimum atomic E-state index is -1.69. The fraction of sp³-hybridized carbons (Fsp3) is 0.333. The third-order valence-corrected chi connectivity index (χ3v) is 1.35. The van der Waals surface area contributed by atoms with Crippen LogP contribution in [-0.4, -0.2) is 16.7 Å². The molecule has 1 N–H and O–H groups in total. The average Bonchev–Trinajstić information content (AvgIpc) is 2.03. The smallest absolute Gasteiger partial charge is 0.253 e. The summed E-state index contributed by atoms with van der Waals surface area (Å²) in [6.07, 6.45) is 2.97. The van der Waals surface area contributed by atoms with Crippen molar-refractivity contribution in [1.82, 2.24) is 10.3 Å². The van der Waals surface area contributed by atoms with E-state index in [1.807, 2.05) is 0 Å². The van der Waals surface area contributed by atoms with E-state index in [0.717, 1.165) is 0 Å². The first-order valence-electron chi connectivity index (χ1n) is 3.90. The predicted molar refractivity (Wildman–Crippen MR) is 46.9 cm³/mol. The van der Waals surface area contributed by atoms with Gasteiger partial charge in [-0.1, -0.05) is 0 Å². The Balaban J connectivity index is 2.71. The lowest BCUT2D eigenvalue weighted by atomic mass is 10.2. The van der Waals surface area contributed by atoms with Gasteiger partial charge in [0, 0.05) is 18.0 Å². The van der Waals surface area contributed by atoms with Gasteiger partial charge in [0.25, 0.3) is 5.91 Å². The van der Waals surface area contributed by atoms with Crippen LogP contribution in [0.3, 0.4) is 0 Å². The molecule has 0 aliphatic heterocycles. The number of carbonyl (C=O) groups is 1. The van der Waals surface area contributed by atoms with Crippen LogP contribution in [0.1, 0.15) is 24.2 Å².